The molecule has 1 fully saturated rings. The molecule has 1 heterocycles. The van der Waals surface area contributed by atoms with E-state index >= 15 is 0 Å². The van der Waals surface area contributed by atoms with E-state index in [1.807, 2.05) is 59.5 Å². The second-order valence-corrected chi connectivity index (χ2v) is 7.02. The van der Waals surface area contributed by atoms with Gasteiger partial charge in [-0.15, -0.1) is 0 Å². The Morgan fingerprint density at radius 2 is 1.63 bits per heavy atom. The van der Waals surface area contributed by atoms with E-state index in [4.69, 9.17) is 0 Å². The van der Waals surface area contributed by atoms with E-state index in [0.717, 1.165) is 16.8 Å². The van der Waals surface area contributed by atoms with E-state index in [1.165, 1.54) is 0 Å². The number of rotatable bonds is 6. The Kier molecular flexibility index (Phi) is 6.60. The lowest BCUT2D eigenvalue weighted by molar-refractivity contribution is -0.132. The Hall–Kier alpha value is -2.66. The summed E-state index contributed by atoms with van der Waals surface area (Å²) in [4.78, 5) is 26.2. The fourth-order valence-electron chi connectivity index (χ4n) is 3.23. The van der Waals surface area contributed by atoms with Crippen molar-refractivity contribution in [1.29, 1.82) is 0 Å². The average molecular weight is 366 g/mol. The number of nitrogens with one attached hydrogen (secondary N) is 1. The molecule has 0 aromatic heterocycles. The molecule has 0 bridgehead atoms. The summed E-state index contributed by atoms with van der Waals surface area (Å²) in [6.45, 7) is 1.24. The highest BCUT2D eigenvalue weighted by molar-refractivity contribution is 5.90. The molecule has 27 heavy (non-hydrogen) atoms. The van der Waals surface area contributed by atoms with Crippen LogP contribution in [-0.2, 0) is 22.4 Å². The maximum Gasteiger partial charge on any atom is 0.226 e. The Labute approximate surface area is 160 Å². The summed E-state index contributed by atoms with van der Waals surface area (Å²) in [6, 6.07) is 17.4. The molecule has 2 amide bonds. The number of nitrogens with zero attached hydrogens (tertiary/aromatic N) is 1. The lowest BCUT2D eigenvalue weighted by Crippen LogP contribution is -2.40. The predicted molar refractivity (Wildman–Crippen MR) is 105 cm³/mol. The highest BCUT2D eigenvalue weighted by atomic mass is 16.3. The third kappa shape index (κ3) is 5.93. The van der Waals surface area contributed by atoms with E-state index in [1.54, 1.807) is 0 Å². The van der Waals surface area contributed by atoms with Crippen molar-refractivity contribution in [3.05, 3.63) is 65.7 Å². The molecule has 0 aliphatic carbocycles. The molecule has 0 atom stereocenters. The van der Waals surface area contributed by atoms with Gasteiger partial charge in [0.15, 0.2) is 0 Å². The quantitative estimate of drug-likeness (QED) is 0.826. The van der Waals surface area contributed by atoms with Crippen molar-refractivity contribution in [2.24, 2.45) is 0 Å². The van der Waals surface area contributed by atoms with E-state index in [0.29, 0.717) is 45.2 Å². The fraction of sp³-hybridized carbons (Fsp3) is 0.364. The highest BCUT2D eigenvalue weighted by Crippen LogP contribution is 2.15. The maximum absolute atomic E-state index is 12.3. The first-order chi connectivity index (χ1) is 13.1. The van der Waals surface area contributed by atoms with Crippen LogP contribution in [0.4, 0.5) is 5.69 Å². The van der Waals surface area contributed by atoms with Gasteiger partial charge in [-0.3, -0.25) is 9.59 Å². The van der Waals surface area contributed by atoms with Crippen LogP contribution in [-0.4, -0.2) is 41.0 Å². The predicted octanol–water partition coefficient (Wildman–Crippen LogP) is 2.78. The van der Waals surface area contributed by atoms with Gasteiger partial charge in [0.25, 0.3) is 0 Å². The SMILES string of the molecule is O=C(CCc1ccccc1)Nc1ccc(CC(=O)N2CCC(O)CC2)cc1. The second kappa shape index (κ2) is 9.33. The van der Waals surface area contributed by atoms with Crippen molar-refractivity contribution in [2.75, 3.05) is 18.4 Å². The lowest BCUT2D eigenvalue weighted by Gasteiger charge is -2.29. The van der Waals surface area contributed by atoms with Crippen molar-refractivity contribution in [3.63, 3.8) is 0 Å². The van der Waals surface area contributed by atoms with Crippen molar-refractivity contribution in [2.45, 2.75) is 38.2 Å². The molecule has 5 heteroatoms. The zero-order valence-electron chi connectivity index (χ0n) is 15.4. The van der Waals surface area contributed by atoms with Gasteiger partial charge in [-0.25, -0.2) is 0 Å². The Morgan fingerprint density at radius 3 is 2.30 bits per heavy atom. The lowest BCUT2D eigenvalue weighted by atomic mass is 10.1. The molecule has 2 aromatic rings. The number of piperidine rings is 1. The fourth-order valence-corrected chi connectivity index (χ4v) is 3.23. The van der Waals surface area contributed by atoms with Gasteiger partial charge in [-0.05, 0) is 42.5 Å². The topological polar surface area (TPSA) is 69.6 Å². The number of aliphatic hydroxyl groups is 1. The minimum atomic E-state index is -0.279. The highest BCUT2D eigenvalue weighted by Gasteiger charge is 2.21. The molecule has 1 saturated heterocycles. The molecule has 0 unspecified atom stereocenters. The summed E-state index contributed by atoms with van der Waals surface area (Å²) < 4.78 is 0. The van der Waals surface area contributed by atoms with Crippen molar-refractivity contribution >= 4 is 17.5 Å². The molecular formula is C22H26N2O3. The summed E-state index contributed by atoms with van der Waals surface area (Å²) in [5.41, 5.74) is 2.81. The number of hydrogen-bond acceptors (Lipinski definition) is 3. The molecule has 2 N–H and O–H groups in total. The third-order valence-corrected chi connectivity index (χ3v) is 4.89. The first kappa shape index (κ1) is 19.1. The summed E-state index contributed by atoms with van der Waals surface area (Å²) in [6.07, 6.45) is 2.52. The monoisotopic (exact) mass is 366 g/mol. The third-order valence-electron chi connectivity index (χ3n) is 4.89. The number of anilines is 1. The smallest absolute Gasteiger partial charge is 0.226 e. The summed E-state index contributed by atoms with van der Waals surface area (Å²) >= 11 is 0. The minimum absolute atomic E-state index is 0.0189. The maximum atomic E-state index is 12.3. The van der Waals surface area contributed by atoms with E-state index < -0.39 is 0 Å². The van der Waals surface area contributed by atoms with Crippen molar-refractivity contribution in [3.8, 4) is 0 Å². The summed E-state index contributed by atoms with van der Waals surface area (Å²) in [5.74, 6) is 0.0658. The first-order valence-corrected chi connectivity index (χ1v) is 9.49. The standard InChI is InChI=1S/C22H26N2O3/c25-20-12-14-24(15-13-20)22(27)16-18-6-9-19(10-7-18)23-21(26)11-8-17-4-2-1-3-5-17/h1-7,9-10,20,25H,8,11-16H2,(H,23,26). The van der Waals surface area contributed by atoms with E-state index in [9.17, 15) is 14.7 Å². The average Bonchev–Trinajstić information content (AvgIpc) is 2.69. The molecule has 142 valence electrons. The van der Waals surface area contributed by atoms with Crippen LogP contribution in [0.1, 0.15) is 30.4 Å². The van der Waals surface area contributed by atoms with Gasteiger partial charge in [-0.1, -0.05) is 42.5 Å². The molecule has 1 aliphatic rings. The van der Waals surface area contributed by atoms with Gasteiger partial charge < -0.3 is 15.3 Å². The molecule has 0 saturated carbocycles. The molecule has 0 radical (unpaired) electrons. The van der Waals surface area contributed by atoms with Crippen molar-refractivity contribution < 1.29 is 14.7 Å². The zero-order chi connectivity index (χ0) is 19.1. The molecular weight excluding hydrogens is 340 g/mol. The van der Waals surface area contributed by atoms with Crippen LogP contribution in [0.25, 0.3) is 0 Å². The minimum Gasteiger partial charge on any atom is -0.393 e. The van der Waals surface area contributed by atoms with Gasteiger partial charge in [0.2, 0.25) is 11.8 Å². The van der Waals surface area contributed by atoms with Crippen LogP contribution in [0.2, 0.25) is 0 Å². The van der Waals surface area contributed by atoms with Crippen LogP contribution in [0, 0.1) is 0 Å². The summed E-state index contributed by atoms with van der Waals surface area (Å²) in [5, 5.41) is 12.4. The van der Waals surface area contributed by atoms with Gasteiger partial charge >= 0.3 is 0 Å². The molecule has 1 aliphatic heterocycles. The number of carbonyl (C=O) groups is 2. The van der Waals surface area contributed by atoms with Crippen LogP contribution in [0.5, 0.6) is 0 Å². The number of aryl methyl sites for hydroxylation is 1. The first-order valence-electron chi connectivity index (χ1n) is 9.49. The van der Waals surface area contributed by atoms with Crippen LogP contribution in [0.3, 0.4) is 0 Å². The van der Waals surface area contributed by atoms with Crippen LogP contribution < -0.4 is 5.32 Å². The number of carbonyl (C=O) groups excluding carboxylic acids is 2. The Morgan fingerprint density at radius 1 is 0.963 bits per heavy atom. The normalized spacial score (nSPS) is 14.8. The van der Waals surface area contributed by atoms with Gasteiger partial charge in [0.05, 0.1) is 12.5 Å². The molecule has 2 aromatic carbocycles. The number of likely N-dealkylation sites (tertiary alicyclic amines) is 1. The largest absolute Gasteiger partial charge is 0.393 e. The summed E-state index contributed by atoms with van der Waals surface area (Å²) in [7, 11) is 0. The van der Waals surface area contributed by atoms with E-state index in [-0.39, 0.29) is 17.9 Å². The number of hydrogen-bond donors (Lipinski definition) is 2. The number of aliphatic hydroxyl groups excluding tert-OH is 1. The van der Waals surface area contributed by atoms with Crippen LogP contribution in [0.15, 0.2) is 54.6 Å². The van der Waals surface area contributed by atoms with Crippen molar-refractivity contribution in [1.82, 2.24) is 4.90 Å². The Balaban J connectivity index is 1.45. The number of benzene rings is 2. The second-order valence-electron chi connectivity index (χ2n) is 7.02. The zero-order valence-corrected chi connectivity index (χ0v) is 15.4. The molecule has 5 nitrogen and oxygen atoms in total. The number of amides is 2. The van der Waals surface area contributed by atoms with Gasteiger partial charge in [0.1, 0.15) is 0 Å². The molecule has 0 spiro atoms. The Bertz CT molecular complexity index is 751. The van der Waals surface area contributed by atoms with Gasteiger partial charge in [-0.2, -0.15) is 0 Å². The van der Waals surface area contributed by atoms with E-state index in [2.05, 4.69) is 5.32 Å². The van der Waals surface area contributed by atoms with Crippen LogP contribution >= 0.6 is 0 Å². The molecule has 3 rings (SSSR count). The van der Waals surface area contributed by atoms with Gasteiger partial charge in [0, 0.05) is 25.2 Å².